The molecule has 3 atom stereocenters. The molecule has 0 radical (unpaired) electrons. The maximum atomic E-state index is 10.8. The van der Waals surface area contributed by atoms with Gasteiger partial charge in [0.05, 0.1) is 12.7 Å². The molecule has 2 nitrogen and oxygen atoms in total. The summed E-state index contributed by atoms with van der Waals surface area (Å²) in [6.45, 7) is 2.97. The minimum Gasteiger partial charge on any atom is -0.493 e. The minimum atomic E-state index is -0.407. The first-order valence-corrected chi connectivity index (χ1v) is 9.07. The number of thioether (sulfide) groups is 2. The number of hydrogen-bond acceptors (Lipinski definition) is 4. The van der Waals surface area contributed by atoms with Crippen molar-refractivity contribution in [3.8, 4) is 5.75 Å². The summed E-state index contributed by atoms with van der Waals surface area (Å²) in [6.07, 6.45) is 1.69. The van der Waals surface area contributed by atoms with E-state index in [0.717, 1.165) is 36.5 Å². The van der Waals surface area contributed by atoms with Gasteiger partial charge in [0.1, 0.15) is 5.75 Å². The summed E-state index contributed by atoms with van der Waals surface area (Å²) in [5.74, 6) is 3.29. The van der Waals surface area contributed by atoms with E-state index in [2.05, 4.69) is 13.0 Å². The second-order valence-corrected chi connectivity index (χ2v) is 7.66. The van der Waals surface area contributed by atoms with E-state index in [1.165, 1.54) is 11.3 Å². The van der Waals surface area contributed by atoms with Gasteiger partial charge in [0.25, 0.3) is 0 Å². The Morgan fingerprint density at radius 1 is 1.37 bits per heavy atom. The van der Waals surface area contributed by atoms with Gasteiger partial charge in [0.15, 0.2) is 0 Å². The Bertz CT molecular complexity index is 450. The molecule has 2 aliphatic heterocycles. The highest BCUT2D eigenvalue weighted by atomic mass is 32.2. The molecule has 1 saturated heterocycles. The van der Waals surface area contributed by atoms with Crippen LogP contribution in [0.4, 0.5) is 0 Å². The van der Waals surface area contributed by atoms with Crippen LogP contribution in [0, 0.1) is 0 Å². The van der Waals surface area contributed by atoms with Gasteiger partial charge in [-0.05, 0) is 12.0 Å². The van der Waals surface area contributed by atoms with Crippen molar-refractivity contribution in [3.63, 3.8) is 0 Å². The molecule has 0 bridgehead atoms. The van der Waals surface area contributed by atoms with Crippen molar-refractivity contribution in [2.75, 3.05) is 18.1 Å². The van der Waals surface area contributed by atoms with Crippen LogP contribution in [0.25, 0.3) is 0 Å². The van der Waals surface area contributed by atoms with Crippen LogP contribution in [0.1, 0.15) is 30.6 Å². The Kier molecular flexibility index (Phi) is 4.30. The summed E-state index contributed by atoms with van der Waals surface area (Å²) in [6, 6.07) is 6.19. The fraction of sp³-hybridized carbons (Fsp3) is 0.600. The molecule has 0 aliphatic carbocycles. The molecule has 2 heterocycles. The molecule has 0 saturated carbocycles. The van der Waals surface area contributed by atoms with Crippen LogP contribution < -0.4 is 4.74 Å². The van der Waals surface area contributed by atoms with Gasteiger partial charge in [-0.3, -0.25) is 0 Å². The quantitative estimate of drug-likeness (QED) is 0.927. The van der Waals surface area contributed by atoms with Crippen molar-refractivity contribution in [3.05, 3.63) is 29.3 Å². The fourth-order valence-electron chi connectivity index (χ4n) is 2.88. The molecule has 0 spiro atoms. The predicted molar refractivity (Wildman–Crippen MR) is 83.4 cm³/mol. The van der Waals surface area contributed by atoms with E-state index in [9.17, 15) is 5.11 Å². The zero-order valence-electron chi connectivity index (χ0n) is 11.2. The Balaban J connectivity index is 1.87. The summed E-state index contributed by atoms with van der Waals surface area (Å²) in [5.41, 5.74) is 2.24. The van der Waals surface area contributed by atoms with E-state index in [-0.39, 0.29) is 0 Å². The molecule has 1 aromatic rings. The highest BCUT2D eigenvalue weighted by Crippen LogP contribution is 2.43. The molecule has 1 aromatic carbocycles. The lowest BCUT2D eigenvalue weighted by Crippen LogP contribution is -2.31. The maximum absolute atomic E-state index is 10.8. The van der Waals surface area contributed by atoms with Crippen molar-refractivity contribution in [2.45, 2.75) is 36.4 Å². The van der Waals surface area contributed by atoms with Crippen LogP contribution >= 0.6 is 23.5 Å². The van der Waals surface area contributed by atoms with Gasteiger partial charge in [-0.25, -0.2) is 0 Å². The van der Waals surface area contributed by atoms with E-state index in [0.29, 0.717) is 10.5 Å². The summed E-state index contributed by atoms with van der Waals surface area (Å²) in [5, 5.41) is 11.6. The van der Waals surface area contributed by atoms with E-state index in [4.69, 9.17) is 4.74 Å². The molecule has 2 aliphatic rings. The zero-order chi connectivity index (χ0) is 13.2. The first kappa shape index (κ1) is 13.7. The average Bonchev–Trinajstić information content (AvgIpc) is 2.94. The van der Waals surface area contributed by atoms with Gasteiger partial charge < -0.3 is 9.84 Å². The lowest BCUT2D eigenvalue weighted by Gasteiger charge is -2.33. The number of aliphatic hydroxyl groups is 1. The lowest BCUT2D eigenvalue weighted by atomic mass is 9.99. The van der Waals surface area contributed by atoms with Crippen LogP contribution in [0.2, 0.25) is 0 Å². The van der Waals surface area contributed by atoms with Gasteiger partial charge in [0.2, 0.25) is 0 Å². The number of benzene rings is 1. The monoisotopic (exact) mass is 296 g/mol. The molecule has 1 fully saturated rings. The van der Waals surface area contributed by atoms with Crippen molar-refractivity contribution in [1.29, 1.82) is 0 Å². The smallest absolute Gasteiger partial charge is 0.128 e. The Labute approximate surface area is 123 Å². The van der Waals surface area contributed by atoms with E-state index in [1.807, 2.05) is 35.7 Å². The normalized spacial score (nSPS) is 27.7. The summed E-state index contributed by atoms with van der Waals surface area (Å²) in [4.78, 5) is 0. The maximum Gasteiger partial charge on any atom is 0.128 e. The van der Waals surface area contributed by atoms with Crippen molar-refractivity contribution in [2.24, 2.45) is 0 Å². The number of aliphatic hydroxyl groups excluding tert-OH is 1. The van der Waals surface area contributed by atoms with Crippen LogP contribution in [-0.2, 0) is 6.42 Å². The predicted octanol–water partition coefficient (Wildman–Crippen LogP) is 3.28. The van der Waals surface area contributed by atoms with Gasteiger partial charge in [0, 0.05) is 34.0 Å². The molecule has 104 valence electrons. The topological polar surface area (TPSA) is 29.5 Å². The minimum absolute atomic E-state index is 0.291. The van der Waals surface area contributed by atoms with E-state index in [1.54, 1.807) is 0 Å². The molecule has 3 rings (SSSR count). The second-order valence-electron chi connectivity index (χ2n) is 5.03. The third-order valence-electron chi connectivity index (χ3n) is 3.87. The molecule has 4 heteroatoms. The SMILES string of the molecule is CCC1SCCSC1C(O)c1cccc2c1OCC2. The Hall–Kier alpha value is -0.320. The highest BCUT2D eigenvalue weighted by Gasteiger charge is 2.34. The van der Waals surface area contributed by atoms with Gasteiger partial charge in [-0.2, -0.15) is 23.5 Å². The zero-order valence-corrected chi connectivity index (χ0v) is 12.8. The highest BCUT2D eigenvalue weighted by molar-refractivity contribution is 8.07. The number of rotatable bonds is 3. The standard InChI is InChI=1S/C15H20O2S2/c1-2-12-15(19-9-8-18-12)13(16)11-5-3-4-10-6-7-17-14(10)11/h3-5,12-13,15-16H,2,6-9H2,1H3. The molecular weight excluding hydrogens is 276 g/mol. The average molecular weight is 296 g/mol. The number of para-hydroxylation sites is 1. The second kappa shape index (κ2) is 5.98. The third-order valence-corrected chi connectivity index (χ3v) is 7.21. The molecule has 19 heavy (non-hydrogen) atoms. The first-order chi connectivity index (χ1) is 9.31. The van der Waals surface area contributed by atoms with Crippen molar-refractivity contribution >= 4 is 23.5 Å². The number of hydrogen-bond donors (Lipinski definition) is 1. The molecule has 1 N–H and O–H groups in total. The summed E-state index contributed by atoms with van der Waals surface area (Å²) >= 11 is 3.92. The Morgan fingerprint density at radius 2 is 2.21 bits per heavy atom. The van der Waals surface area contributed by atoms with Gasteiger partial charge in [-0.1, -0.05) is 25.1 Å². The van der Waals surface area contributed by atoms with Crippen molar-refractivity contribution < 1.29 is 9.84 Å². The van der Waals surface area contributed by atoms with Crippen LogP contribution in [0.3, 0.4) is 0 Å². The Morgan fingerprint density at radius 3 is 3.05 bits per heavy atom. The first-order valence-electron chi connectivity index (χ1n) is 6.97. The van der Waals surface area contributed by atoms with E-state index >= 15 is 0 Å². The third kappa shape index (κ3) is 2.63. The molecular formula is C15H20O2S2. The summed E-state index contributed by atoms with van der Waals surface area (Å²) in [7, 11) is 0. The van der Waals surface area contributed by atoms with Gasteiger partial charge >= 0.3 is 0 Å². The number of ether oxygens (including phenoxy) is 1. The van der Waals surface area contributed by atoms with Crippen LogP contribution in [-0.4, -0.2) is 33.7 Å². The largest absolute Gasteiger partial charge is 0.493 e. The molecule has 0 amide bonds. The van der Waals surface area contributed by atoms with Crippen LogP contribution in [0.15, 0.2) is 18.2 Å². The summed E-state index contributed by atoms with van der Waals surface area (Å²) < 4.78 is 5.73. The van der Waals surface area contributed by atoms with Crippen molar-refractivity contribution in [1.82, 2.24) is 0 Å². The molecule has 0 aromatic heterocycles. The lowest BCUT2D eigenvalue weighted by molar-refractivity contribution is 0.167. The van der Waals surface area contributed by atoms with Crippen LogP contribution in [0.5, 0.6) is 5.75 Å². The van der Waals surface area contributed by atoms with E-state index < -0.39 is 6.10 Å². The fourth-order valence-corrected chi connectivity index (χ4v) is 6.01. The van der Waals surface area contributed by atoms with Gasteiger partial charge in [-0.15, -0.1) is 0 Å². The molecule has 3 unspecified atom stereocenters. The number of fused-ring (bicyclic) bond motifs is 1.